The number of benzene rings is 2. The average Bonchev–Trinajstić information content (AvgIpc) is 2.90. The molecule has 228 valence electrons. The lowest BCUT2D eigenvalue weighted by Gasteiger charge is -2.31. The first-order valence-electron chi connectivity index (χ1n) is 15.2. The predicted octanol–water partition coefficient (Wildman–Crippen LogP) is 11.6. The van der Waals surface area contributed by atoms with Crippen molar-refractivity contribution in [3.63, 3.8) is 0 Å². The number of hydrogen-bond donors (Lipinski definition) is 1. The number of ketones is 1. The van der Waals surface area contributed by atoms with Crippen LogP contribution >= 0.6 is 23.2 Å². The molecule has 0 aliphatic carbocycles. The van der Waals surface area contributed by atoms with Gasteiger partial charge >= 0.3 is 0 Å². The first kappa shape index (κ1) is 40.3. The fourth-order valence-corrected chi connectivity index (χ4v) is 4.58. The normalized spacial score (nSPS) is 12.3. The minimum Gasteiger partial charge on any atom is -0.349 e. The Bertz CT molecular complexity index is 922. The molecular weight excluding hydrogens is 537 g/mol. The number of nitrogens with one attached hydrogen (secondary N) is 1. The van der Waals surface area contributed by atoms with E-state index in [0.717, 1.165) is 36.3 Å². The quantitative estimate of drug-likeness (QED) is 0.281. The smallest absolute Gasteiger partial charge is 0.230 e. The second kappa shape index (κ2) is 23.8. The Balaban J connectivity index is 0. The van der Waals surface area contributed by atoms with Crippen LogP contribution in [0.15, 0.2) is 48.5 Å². The highest BCUT2D eigenvalue weighted by molar-refractivity contribution is 6.42. The Morgan fingerprint density at radius 1 is 0.825 bits per heavy atom. The Kier molecular flexibility index (Phi) is 24.0. The van der Waals surface area contributed by atoms with E-state index in [2.05, 4.69) is 53.8 Å². The molecule has 1 unspecified atom stereocenters. The molecule has 40 heavy (non-hydrogen) atoms. The molecule has 0 saturated carbocycles. The maximum Gasteiger partial charge on any atom is 0.230 e. The van der Waals surface area contributed by atoms with Crippen LogP contribution in [-0.2, 0) is 15.0 Å². The summed E-state index contributed by atoms with van der Waals surface area (Å²) in [7, 11) is 0. The van der Waals surface area contributed by atoms with Crippen molar-refractivity contribution in [2.75, 3.05) is 0 Å². The van der Waals surface area contributed by atoms with E-state index in [0.29, 0.717) is 10.0 Å². The molecule has 0 aliphatic heterocycles. The van der Waals surface area contributed by atoms with Crippen LogP contribution in [0.3, 0.4) is 0 Å². The molecule has 1 amide bonds. The third kappa shape index (κ3) is 17.1. The maximum absolute atomic E-state index is 13.2. The molecule has 0 heterocycles. The third-order valence-electron chi connectivity index (χ3n) is 6.29. The van der Waals surface area contributed by atoms with Crippen LogP contribution in [0.5, 0.6) is 0 Å². The summed E-state index contributed by atoms with van der Waals surface area (Å²) in [4.78, 5) is 22.7. The lowest BCUT2D eigenvalue weighted by atomic mass is 9.77. The molecule has 3 nitrogen and oxygen atoms in total. The van der Waals surface area contributed by atoms with Gasteiger partial charge in [0.2, 0.25) is 5.91 Å². The van der Waals surface area contributed by atoms with Crippen LogP contribution in [0, 0.1) is 5.92 Å². The molecule has 2 rings (SSSR count). The van der Waals surface area contributed by atoms with Crippen molar-refractivity contribution >= 4 is 34.9 Å². The molecule has 0 radical (unpaired) electrons. The summed E-state index contributed by atoms with van der Waals surface area (Å²) in [5.74, 6) is 1.15. The number of amides is 1. The van der Waals surface area contributed by atoms with E-state index in [1.165, 1.54) is 46.0 Å². The van der Waals surface area contributed by atoms with Gasteiger partial charge in [-0.25, -0.2) is 0 Å². The predicted molar refractivity (Wildman–Crippen MR) is 178 cm³/mol. The minimum atomic E-state index is -0.648. The summed E-state index contributed by atoms with van der Waals surface area (Å²) in [6, 6.07) is 15.5. The van der Waals surface area contributed by atoms with Gasteiger partial charge in [0.1, 0.15) is 5.78 Å². The average molecular weight is 595 g/mol. The maximum atomic E-state index is 13.2. The molecule has 0 aromatic heterocycles. The van der Waals surface area contributed by atoms with Gasteiger partial charge in [0.05, 0.1) is 21.5 Å². The fraction of sp³-hybridized carbons (Fsp3) is 0.600. The van der Waals surface area contributed by atoms with Crippen molar-refractivity contribution in [3.8, 4) is 0 Å². The number of carbonyl (C=O) groups excluding carboxylic acids is 2. The summed E-state index contributed by atoms with van der Waals surface area (Å²) in [5, 5.41) is 4.20. The van der Waals surface area contributed by atoms with Gasteiger partial charge in [0, 0.05) is 0 Å². The van der Waals surface area contributed by atoms with E-state index >= 15 is 0 Å². The van der Waals surface area contributed by atoms with Crippen LogP contribution in [0.4, 0.5) is 0 Å². The van der Waals surface area contributed by atoms with Crippen molar-refractivity contribution < 1.29 is 9.59 Å². The molecule has 2 atom stereocenters. The van der Waals surface area contributed by atoms with Gasteiger partial charge in [-0.05, 0) is 62.8 Å². The van der Waals surface area contributed by atoms with Crippen molar-refractivity contribution in [2.24, 2.45) is 5.92 Å². The number of halogens is 2. The van der Waals surface area contributed by atoms with E-state index in [-0.39, 0.29) is 17.7 Å². The van der Waals surface area contributed by atoms with E-state index in [4.69, 9.17) is 23.2 Å². The topological polar surface area (TPSA) is 46.2 Å². The molecule has 2 aromatic carbocycles. The van der Waals surface area contributed by atoms with Crippen molar-refractivity contribution in [1.29, 1.82) is 0 Å². The molecule has 1 N–H and O–H groups in total. The minimum absolute atomic E-state index is 0.00680. The Hall–Kier alpha value is -1.84. The molecule has 0 fully saturated rings. The van der Waals surface area contributed by atoms with Gasteiger partial charge in [-0.15, -0.1) is 0 Å². The second-order valence-electron chi connectivity index (χ2n) is 10.9. The van der Waals surface area contributed by atoms with E-state index < -0.39 is 5.41 Å². The van der Waals surface area contributed by atoms with Gasteiger partial charge < -0.3 is 10.1 Å². The lowest BCUT2D eigenvalue weighted by Crippen LogP contribution is -2.43. The zero-order valence-electron chi connectivity index (χ0n) is 27.0. The van der Waals surface area contributed by atoms with Gasteiger partial charge in [0.15, 0.2) is 0 Å². The van der Waals surface area contributed by atoms with Crippen LogP contribution < -0.4 is 5.32 Å². The van der Waals surface area contributed by atoms with Crippen LogP contribution in [0.2, 0.25) is 10.0 Å². The Morgan fingerprint density at radius 3 is 1.73 bits per heavy atom. The van der Waals surface area contributed by atoms with Gasteiger partial charge in [0.25, 0.3) is 0 Å². The van der Waals surface area contributed by atoms with Gasteiger partial charge in [-0.3, -0.25) is 4.79 Å². The zero-order chi connectivity index (χ0) is 31.1. The van der Waals surface area contributed by atoms with Crippen LogP contribution in [0.25, 0.3) is 0 Å². The third-order valence-corrected chi connectivity index (χ3v) is 7.03. The first-order valence-corrected chi connectivity index (χ1v) is 15.9. The van der Waals surface area contributed by atoms with E-state index in [1.54, 1.807) is 6.07 Å². The second-order valence-corrected chi connectivity index (χ2v) is 11.7. The van der Waals surface area contributed by atoms with Crippen LogP contribution in [0.1, 0.15) is 138 Å². The summed E-state index contributed by atoms with van der Waals surface area (Å²) in [6.45, 7) is 20.3. The van der Waals surface area contributed by atoms with Crippen molar-refractivity contribution in [2.45, 2.75) is 132 Å². The van der Waals surface area contributed by atoms with Gasteiger partial charge in [-0.2, -0.15) is 0 Å². The molecule has 5 heteroatoms. The van der Waals surface area contributed by atoms with Crippen LogP contribution in [-0.4, -0.2) is 11.7 Å². The molecule has 0 spiro atoms. The first-order chi connectivity index (χ1) is 18.9. The fourth-order valence-electron chi connectivity index (χ4n) is 4.28. The Morgan fingerprint density at radius 2 is 1.32 bits per heavy atom. The molecule has 2 aromatic rings. The van der Waals surface area contributed by atoms with Gasteiger partial charge in [-0.1, -0.05) is 147 Å². The molecule has 0 aliphatic rings. The number of hydrogen-bond acceptors (Lipinski definition) is 2. The number of Topliss-reactive ketones (excluding diaryl/α,β-unsaturated/α-hetero) is 1. The highest BCUT2D eigenvalue weighted by atomic mass is 35.5. The highest BCUT2D eigenvalue weighted by Gasteiger charge is 2.35. The lowest BCUT2D eigenvalue weighted by molar-refractivity contribution is -0.127. The standard InChI is InChI=1S/C21H25Cl2NO.C8H18.C3H6O.C3H8/c1-4-13-21(3,16-11-12-17(22)18(23)14-16)20(25)24-19(5-2)15-9-7-6-8-10-15;1-4-6-8(3)7-5-2;1-3(2)4;1-3-2/h6-12,14,19H,4-5,13H2,1-3H3,(H,24,25);8H,4-7H2,1-3H3;1-2H3;3H2,1-2H3/t19-,21?;;;/m1.../s1. The monoisotopic (exact) mass is 593 g/mol. The largest absolute Gasteiger partial charge is 0.349 e. The highest BCUT2D eigenvalue weighted by Crippen LogP contribution is 2.34. The molecule has 0 bridgehead atoms. The number of carbonyl (C=O) groups is 2. The number of rotatable bonds is 11. The van der Waals surface area contributed by atoms with E-state index in [1.807, 2.05) is 49.4 Å². The van der Waals surface area contributed by atoms with E-state index in [9.17, 15) is 9.59 Å². The summed E-state index contributed by atoms with van der Waals surface area (Å²) in [5.41, 5.74) is 1.36. The SMILES string of the molecule is CC(C)=O.CCC.CCCC(C)(C(=O)N[C@H](CC)c1ccccc1)c1ccc(Cl)c(Cl)c1.CCCC(C)CCC. The zero-order valence-corrected chi connectivity index (χ0v) is 28.5. The Labute approximate surface area is 256 Å². The summed E-state index contributed by atoms with van der Waals surface area (Å²) in [6.07, 6.45) is 9.23. The summed E-state index contributed by atoms with van der Waals surface area (Å²) < 4.78 is 0. The van der Waals surface area contributed by atoms with Crippen molar-refractivity contribution in [3.05, 3.63) is 69.7 Å². The molecular formula is C35H57Cl2NO2. The van der Waals surface area contributed by atoms with Crippen molar-refractivity contribution in [1.82, 2.24) is 5.32 Å². The summed E-state index contributed by atoms with van der Waals surface area (Å²) >= 11 is 12.2. The molecule has 0 saturated heterocycles.